The lowest BCUT2D eigenvalue weighted by molar-refractivity contribution is -0.309. The van der Waals surface area contributed by atoms with E-state index in [1.807, 2.05) is 40.1 Å². The van der Waals surface area contributed by atoms with E-state index in [0.29, 0.717) is 41.7 Å². The Balaban J connectivity index is 0.000000235. The Labute approximate surface area is 343 Å². The van der Waals surface area contributed by atoms with Crippen LogP contribution < -0.4 is 4.74 Å². The Bertz CT molecular complexity index is 2010. The number of hydrogen-bond donors (Lipinski definition) is 0. The summed E-state index contributed by atoms with van der Waals surface area (Å²) in [6, 6.07) is 19.8. The molecule has 0 radical (unpaired) electrons. The quantitative estimate of drug-likeness (QED) is 0.151. The fourth-order valence-electron chi connectivity index (χ4n) is 6.03. The zero-order chi connectivity index (χ0) is 45.5. The number of halogens is 12. The number of piperazine rings is 2. The highest BCUT2D eigenvalue weighted by Crippen LogP contribution is 2.37. The average molecular weight is 905 g/mol. The topological polar surface area (TPSA) is 127 Å². The number of aromatic nitrogens is 2. The molecule has 13 nitrogen and oxygen atoms in total. The van der Waals surface area contributed by atoms with E-state index in [0.717, 1.165) is 20.9 Å². The van der Waals surface area contributed by atoms with Gasteiger partial charge in [0.25, 0.3) is 12.2 Å². The second-order valence-corrected chi connectivity index (χ2v) is 13.7. The molecule has 4 aromatic rings. The van der Waals surface area contributed by atoms with Gasteiger partial charge in [0.1, 0.15) is 5.75 Å². The Morgan fingerprint density at radius 1 is 0.565 bits per heavy atom. The van der Waals surface area contributed by atoms with Crippen LogP contribution in [0.15, 0.2) is 75.8 Å². The zero-order valence-electron chi connectivity index (χ0n) is 32.2. The maximum absolute atomic E-state index is 12.6. The summed E-state index contributed by atoms with van der Waals surface area (Å²) in [5, 5.41) is 7.94. The first-order valence-electron chi connectivity index (χ1n) is 18.2. The van der Waals surface area contributed by atoms with Crippen molar-refractivity contribution in [2.24, 2.45) is 0 Å². The van der Waals surface area contributed by atoms with Crippen molar-refractivity contribution in [2.45, 2.75) is 50.0 Å². The van der Waals surface area contributed by atoms with Crippen LogP contribution in [-0.2, 0) is 22.6 Å². The van der Waals surface area contributed by atoms with Crippen LogP contribution in [0.3, 0.4) is 0 Å². The van der Waals surface area contributed by atoms with Gasteiger partial charge >= 0.3 is 36.9 Å². The Morgan fingerprint density at radius 3 is 1.26 bits per heavy atom. The molecule has 0 bridgehead atoms. The van der Waals surface area contributed by atoms with Crippen LogP contribution in [0, 0.1) is 0 Å². The molecule has 2 saturated heterocycles. The second-order valence-electron chi connectivity index (χ2n) is 13.7. The third-order valence-corrected chi connectivity index (χ3v) is 9.21. The first kappa shape index (κ1) is 47.3. The van der Waals surface area contributed by atoms with Crippen LogP contribution in [0.2, 0.25) is 0 Å². The van der Waals surface area contributed by atoms with Crippen LogP contribution in [0.25, 0.3) is 22.6 Å². The molecule has 0 aliphatic carbocycles. The van der Waals surface area contributed by atoms with E-state index in [1.165, 1.54) is 0 Å². The normalized spacial score (nSPS) is 16.0. The van der Waals surface area contributed by atoms with Crippen molar-refractivity contribution in [2.75, 3.05) is 59.5 Å². The van der Waals surface area contributed by atoms with E-state index in [4.69, 9.17) is 13.8 Å². The minimum atomic E-state index is -5.75. The Kier molecular flexibility index (Phi) is 14.9. The van der Waals surface area contributed by atoms with Gasteiger partial charge in [0.15, 0.2) is 11.5 Å². The lowest BCUT2D eigenvalue weighted by Crippen LogP contribution is -2.52. The summed E-state index contributed by atoms with van der Waals surface area (Å²) in [5.41, 5.74) is 2.81. The maximum atomic E-state index is 12.6. The van der Waals surface area contributed by atoms with Crippen LogP contribution >= 0.6 is 0 Å². The van der Waals surface area contributed by atoms with Crippen LogP contribution in [0.5, 0.6) is 5.75 Å². The van der Waals surface area contributed by atoms with Gasteiger partial charge in [-0.25, -0.2) is 9.59 Å². The molecular formula is C37H36F12N6O7. The number of rotatable bonds is 9. The van der Waals surface area contributed by atoms with Gasteiger partial charge < -0.3 is 33.1 Å². The van der Waals surface area contributed by atoms with E-state index in [1.54, 1.807) is 43.5 Å². The number of carbonyl (C=O) groups is 2. The molecule has 2 aromatic heterocycles. The molecule has 2 amide bonds. The first-order valence-corrected chi connectivity index (χ1v) is 18.2. The average Bonchev–Trinajstić information content (AvgIpc) is 3.88. The number of ether oxygens (including phenoxy) is 3. The predicted octanol–water partition coefficient (Wildman–Crippen LogP) is 8.19. The lowest BCUT2D eigenvalue weighted by atomic mass is 10.1. The van der Waals surface area contributed by atoms with Crippen LogP contribution in [0.4, 0.5) is 62.3 Å². The standard InChI is InChI=1S/C19H19F6N3O4.C18H17F6N3O3/c1-30-14-4-2-12(3-5-14)15-10-13(26-32-15)11-27-6-8-28(9-7-27)17(29)31-16(18(20,21)22)19(23,24)25;19-17(20,21)15(18(22,23)24)29-16(28)27-8-6-26(7-9-27)11-13-10-14(30-25-13)12-4-2-1-3-5-12/h2-5,10,16H,6-9,11H2,1H3;1-5,10,15H,6-9,11H2. The molecule has 0 atom stereocenters. The highest BCUT2D eigenvalue weighted by atomic mass is 19.4. The van der Waals surface area contributed by atoms with E-state index in [2.05, 4.69) is 19.8 Å². The molecule has 25 heteroatoms. The number of methoxy groups -OCH3 is 1. The lowest BCUT2D eigenvalue weighted by Gasteiger charge is -2.34. The molecule has 2 aliphatic heterocycles. The first-order chi connectivity index (χ1) is 29.0. The monoisotopic (exact) mass is 904 g/mol. The highest BCUT2D eigenvalue weighted by Gasteiger charge is 2.61. The Morgan fingerprint density at radius 2 is 0.919 bits per heavy atom. The van der Waals surface area contributed by atoms with E-state index < -0.39 is 49.1 Å². The fourth-order valence-corrected chi connectivity index (χ4v) is 6.03. The summed E-state index contributed by atoms with van der Waals surface area (Å²) in [7, 11) is 1.55. The minimum absolute atomic E-state index is 0.0787. The van der Waals surface area contributed by atoms with Crippen molar-refractivity contribution in [1.29, 1.82) is 0 Å². The van der Waals surface area contributed by atoms with E-state index in [9.17, 15) is 62.3 Å². The summed E-state index contributed by atoms with van der Waals surface area (Å²) >= 11 is 0. The molecule has 0 saturated carbocycles. The highest BCUT2D eigenvalue weighted by molar-refractivity contribution is 5.68. The summed E-state index contributed by atoms with van der Waals surface area (Å²) < 4.78 is 174. The van der Waals surface area contributed by atoms with Crippen molar-refractivity contribution in [3.05, 3.63) is 78.1 Å². The predicted molar refractivity (Wildman–Crippen MR) is 189 cm³/mol. The number of alkyl halides is 12. The number of amides is 2. The van der Waals surface area contributed by atoms with Crippen LogP contribution in [-0.4, -0.2) is 138 Å². The van der Waals surface area contributed by atoms with Crippen molar-refractivity contribution in [3.8, 4) is 28.4 Å². The molecule has 0 unspecified atom stereocenters. The van der Waals surface area contributed by atoms with Crippen molar-refractivity contribution in [1.82, 2.24) is 29.9 Å². The van der Waals surface area contributed by atoms with Crippen molar-refractivity contribution < 1.29 is 85.5 Å². The second kappa shape index (κ2) is 19.5. The number of hydrogen-bond acceptors (Lipinski definition) is 11. The molecule has 0 N–H and O–H groups in total. The molecule has 2 aliphatic rings. The number of nitrogens with zero attached hydrogens (tertiary/aromatic N) is 6. The van der Waals surface area contributed by atoms with Crippen LogP contribution in [0.1, 0.15) is 11.4 Å². The molecule has 4 heterocycles. The van der Waals surface area contributed by atoms with Gasteiger partial charge in [-0.05, 0) is 24.3 Å². The van der Waals surface area contributed by atoms with Gasteiger partial charge in [0, 0.05) is 88.7 Å². The third kappa shape index (κ3) is 13.1. The third-order valence-electron chi connectivity index (χ3n) is 9.21. The number of carbonyl (C=O) groups excluding carboxylic acids is 2. The summed E-state index contributed by atoms with van der Waals surface area (Å²) in [6.07, 6.45) is -34.6. The van der Waals surface area contributed by atoms with E-state index >= 15 is 0 Å². The summed E-state index contributed by atoms with van der Waals surface area (Å²) in [6.45, 7) is 1.22. The van der Waals surface area contributed by atoms with Gasteiger partial charge in [-0.3, -0.25) is 9.80 Å². The molecule has 2 aromatic carbocycles. The zero-order valence-corrected chi connectivity index (χ0v) is 32.2. The smallest absolute Gasteiger partial charge is 0.434 e. The largest absolute Gasteiger partial charge is 0.497 e. The number of benzene rings is 2. The van der Waals surface area contributed by atoms with Gasteiger partial charge in [-0.2, -0.15) is 52.7 Å². The molecule has 340 valence electrons. The molecule has 0 spiro atoms. The van der Waals surface area contributed by atoms with E-state index in [-0.39, 0.29) is 52.4 Å². The van der Waals surface area contributed by atoms with Crippen molar-refractivity contribution in [3.63, 3.8) is 0 Å². The molecule has 6 rings (SSSR count). The Hall–Kier alpha value is -5.72. The molecule has 2 fully saturated rings. The van der Waals surface area contributed by atoms with Crippen molar-refractivity contribution >= 4 is 12.2 Å². The molecular weight excluding hydrogens is 868 g/mol. The maximum Gasteiger partial charge on any atom is 0.434 e. The SMILES string of the molecule is COc1ccc(-c2cc(CN3CCN(C(=O)OC(C(F)(F)F)C(F)(F)F)CC3)no2)cc1.O=C(OC(C(F)(F)F)C(F)(F)F)N1CCN(Cc2cc(-c3ccccc3)on2)CC1. The minimum Gasteiger partial charge on any atom is -0.497 e. The van der Waals surface area contributed by atoms with Gasteiger partial charge in [0.05, 0.1) is 18.5 Å². The fraction of sp³-hybridized carbons (Fsp3) is 0.459. The molecule has 62 heavy (non-hydrogen) atoms. The van der Waals surface area contributed by atoms with Gasteiger partial charge in [-0.1, -0.05) is 40.6 Å². The van der Waals surface area contributed by atoms with Gasteiger partial charge in [0.2, 0.25) is 0 Å². The summed E-state index contributed by atoms with van der Waals surface area (Å²) in [5.74, 6) is 1.77. The van der Waals surface area contributed by atoms with Gasteiger partial charge in [-0.15, -0.1) is 0 Å². The summed E-state index contributed by atoms with van der Waals surface area (Å²) in [4.78, 5) is 28.9.